The highest BCUT2D eigenvalue weighted by molar-refractivity contribution is 6.00. The zero-order valence-electron chi connectivity index (χ0n) is 10.8. The second kappa shape index (κ2) is 6.41. The van der Waals surface area contributed by atoms with Crippen molar-refractivity contribution in [3.63, 3.8) is 0 Å². The Bertz CT molecular complexity index is 528. The van der Waals surface area contributed by atoms with Gasteiger partial charge in [-0.2, -0.15) is 0 Å². The Kier molecular flexibility index (Phi) is 4.90. The molecule has 0 fully saturated rings. The van der Waals surface area contributed by atoms with E-state index in [-0.39, 0.29) is 11.3 Å². The summed E-state index contributed by atoms with van der Waals surface area (Å²) in [5.41, 5.74) is 9.90. The summed E-state index contributed by atoms with van der Waals surface area (Å²) < 4.78 is 4.94. The highest BCUT2D eigenvalue weighted by Gasteiger charge is 2.22. The first-order chi connectivity index (χ1) is 9.35. The van der Waals surface area contributed by atoms with Crippen LogP contribution in [0.1, 0.15) is 10.4 Å². The van der Waals surface area contributed by atoms with Gasteiger partial charge in [0.15, 0.2) is 0 Å². The quantitative estimate of drug-likeness (QED) is 0.602. The van der Waals surface area contributed by atoms with E-state index in [2.05, 4.69) is 0 Å². The van der Waals surface area contributed by atoms with Crippen molar-refractivity contribution >= 4 is 17.7 Å². The van der Waals surface area contributed by atoms with E-state index >= 15 is 0 Å². The minimum atomic E-state index is -0.804. The Morgan fingerprint density at radius 2 is 1.75 bits per heavy atom. The zero-order chi connectivity index (χ0) is 15.3. The van der Waals surface area contributed by atoms with Crippen LogP contribution in [-0.4, -0.2) is 47.9 Å². The molecule has 0 aliphatic carbocycles. The molecule has 8 nitrogen and oxygen atoms in total. The van der Waals surface area contributed by atoms with Gasteiger partial charge < -0.3 is 26.2 Å². The van der Waals surface area contributed by atoms with Gasteiger partial charge in [0.25, 0.3) is 5.91 Å². The molecular weight excluding hydrogens is 266 g/mol. The molecule has 3 amide bonds. The molecule has 0 atom stereocenters. The summed E-state index contributed by atoms with van der Waals surface area (Å²) in [5, 5.41) is 9.68. The number of nitrogens with two attached hydrogens (primary N) is 2. The monoisotopic (exact) mass is 281 g/mol. The van der Waals surface area contributed by atoms with Crippen molar-refractivity contribution in [2.24, 2.45) is 11.5 Å². The summed E-state index contributed by atoms with van der Waals surface area (Å²) in [5.74, 6) is -2.33. The summed E-state index contributed by atoms with van der Waals surface area (Å²) in [7, 11) is 1.39. The molecule has 0 radical (unpaired) electrons. The summed E-state index contributed by atoms with van der Waals surface area (Å²) in [6.07, 6.45) is 0. The molecule has 5 N–H and O–H groups in total. The molecule has 0 spiro atoms. The summed E-state index contributed by atoms with van der Waals surface area (Å²) in [4.78, 5) is 34.9. The number of benzene rings is 1. The highest BCUT2D eigenvalue weighted by atomic mass is 16.5. The van der Waals surface area contributed by atoms with Crippen molar-refractivity contribution in [3.8, 4) is 11.5 Å². The lowest BCUT2D eigenvalue weighted by molar-refractivity contribution is -0.121. The third-order valence-electron chi connectivity index (χ3n) is 2.41. The van der Waals surface area contributed by atoms with Crippen LogP contribution in [0.3, 0.4) is 0 Å². The molecule has 0 saturated heterocycles. The first-order valence-electron chi connectivity index (χ1n) is 5.58. The molecule has 1 aromatic carbocycles. The number of rotatable bonds is 6. The largest absolute Gasteiger partial charge is 0.507 e. The SMILES string of the molecule is COc1ccc(O)c(C(=O)N(CC(N)=O)CC(N)=O)c1. The average Bonchev–Trinajstić information content (AvgIpc) is 2.36. The van der Waals surface area contributed by atoms with Crippen molar-refractivity contribution in [1.29, 1.82) is 0 Å². The maximum absolute atomic E-state index is 12.2. The molecule has 0 aliphatic heterocycles. The lowest BCUT2D eigenvalue weighted by atomic mass is 10.1. The van der Waals surface area contributed by atoms with Crippen LogP contribution in [0.4, 0.5) is 0 Å². The topological polar surface area (TPSA) is 136 Å². The van der Waals surface area contributed by atoms with Crippen molar-refractivity contribution in [1.82, 2.24) is 4.90 Å². The van der Waals surface area contributed by atoms with Gasteiger partial charge in [-0.15, -0.1) is 0 Å². The van der Waals surface area contributed by atoms with Gasteiger partial charge in [-0.25, -0.2) is 0 Å². The number of methoxy groups -OCH3 is 1. The van der Waals surface area contributed by atoms with E-state index in [9.17, 15) is 19.5 Å². The molecule has 0 saturated carbocycles. The van der Waals surface area contributed by atoms with E-state index < -0.39 is 30.8 Å². The molecule has 0 heterocycles. The normalized spacial score (nSPS) is 9.85. The molecule has 20 heavy (non-hydrogen) atoms. The first kappa shape index (κ1) is 15.3. The fraction of sp³-hybridized carbons (Fsp3) is 0.250. The molecule has 0 bridgehead atoms. The molecule has 1 aromatic rings. The van der Waals surface area contributed by atoms with E-state index in [1.807, 2.05) is 0 Å². The van der Waals surface area contributed by atoms with Crippen LogP contribution in [0.2, 0.25) is 0 Å². The molecule has 0 aliphatic rings. The van der Waals surface area contributed by atoms with Gasteiger partial charge in [0.2, 0.25) is 11.8 Å². The minimum absolute atomic E-state index is 0.119. The molecule has 0 unspecified atom stereocenters. The van der Waals surface area contributed by atoms with Crippen molar-refractivity contribution in [3.05, 3.63) is 23.8 Å². The van der Waals surface area contributed by atoms with E-state index in [0.29, 0.717) is 5.75 Å². The molecule has 0 aromatic heterocycles. The van der Waals surface area contributed by atoms with Crippen molar-refractivity contribution in [2.75, 3.05) is 20.2 Å². The average molecular weight is 281 g/mol. The van der Waals surface area contributed by atoms with Crippen LogP contribution in [-0.2, 0) is 9.59 Å². The number of primary amides is 2. The molecule has 1 rings (SSSR count). The number of hydrogen-bond donors (Lipinski definition) is 3. The van der Waals surface area contributed by atoms with Gasteiger partial charge in [-0.1, -0.05) is 0 Å². The smallest absolute Gasteiger partial charge is 0.258 e. The van der Waals surface area contributed by atoms with Gasteiger partial charge in [0, 0.05) is 0 Å². The third-order valence-corrected chi connectivity index (χ3v) is 2.41. The van der Waals surface area contributed by atoms with Crippen LogP contribution < -0.4 is 16.2 Å². The Morgan fingerprint density at radius 3 is 2.20 bits per heavy atom. The minimum Gasteiger partial charge on any atom is -0.507 e. The Labute approximate surface area is 114 Å². The molecule has 108 valence electrons. The van der Waals surface area contributed by atoms with E-state index in [0.717, 1.165) is 4.90 Å². The first-order valence-corrected chi connectivity index (χ1v) is 5.58. The number of carbonyl (C=O) groups excluding carboxylic acids is 3. The third kappa shape index (κ3) is 3.87. The molecular formula is C12H15N3O5. The fourth-order valence-electron chi connectivity index (χ4n) is 1.56. The summed E-state index contributed by atoms with van der Waals surface area (Å²) >= 11 is 0. The van der Waals surface area contributed by atoms with Gasteiger partial charge >= 0.3 is 0 Å². The van der Waals surface area contributed by atoms with Crippen molar-refractivity contribution in [2.45, 2.75) is 0 Å². The molecule has 8 heteroatoms. The van der Waals surface area contributed by atoms with Crippen LogP contribution in [0.25, 0.3) is 0 Å². The number of hydrogen-bond acceptors (Lipinski definition) is 5. The number of phenols is 1. The standard InChI is InChI=1S/C12H15N3O5/c1-20-7-2-3-9(16)8(4-7)12(19)15(5-10(13)17)6-11(14)18/h2-4,16H,5-6H2,1H3,(H2,13,17)(H2,14,18). The maximum Gasteiger partial charge on any atom is 0.258 e. The van der Waals surface area contributed by atoms with Crippen LogP contribution >= 0.6 is 0 Å². The fourth-order valence-corrected chi connectivity index (χ4v) is 1.56. The number of ether oxygens (including phenoxy) is 1. The van der Waals surface area contributed by atoms with Crippen LogP contribution in [0.5, 0.6) is 11.5 Å². The van der Waals surface area contributed by atoms with E-state index in [1.165, 1.54) is 25.3 Å². The Morgan fingerprint density at radius 1 is 1.20 bits per heavy atom. The maximum atomic E-state index is 12.2. The van der Waals surface area contributed by atoms with Crippen molar-refractivity contribution < 1.29 is 24.2 Å². The number of aromatic hydroxyl groups is 1. The lowest BCUT2D eigenvalue weighted by Crippen LogP contribution is -2.43. The Balaban J connectivity index is 3.10. The van der Waals surface area contributed by atoms with Gasteiger partial charge in [0.05, 0.1) is 12.7 Å². The second-order valence-corrected chi connectivity index (χ2v) is 3.98. The summed E-state index contributed by atoms with van der Waals surface area (Å²) in [6.45, 7) is -0.975. The highest BCUT2D eigenvalue weighted by Crippen LogP contribution is 2.24. The Hall–Kier alpha value is -2.77. The predicted octanol–water partition coefficient (Wildman–Crippen LogP) is -1.19. The van der Waals surface area contributed by atoms with E-state index in [4.69, 9.17) is 16.2 Å². The second-order valence-electron chi connectivity index (χ2n) is 3.98. The number of nitrogens with zero attached hydrogens (tertiary/aromatic N) is 1. The summed E-state index contributed by atoms with van der Waals surface area (Å²) in [6, 6.07) is 4.00. The predicted molar refractivity (Wildman–Crippen MR) is 69.0 cm³/mol. The zero-order valence-corrected chi connectivity index (χ0v) is 10.8. The number of phenolic OH excluding ortho intramolecular Hbond substituents is 1. The van der Waals surface area contributed by atoms with E-state index in [1.54, 1.807) is 0 Å². The van der Waals surface area contributed by atoms with Gasteiger partial charge in [-0.3, -0.25) is 14.4 Å². The lowest BCUT2D eigenvalue weighted by Gasteiger charge is -2.20. The number of amides is 3. The van der Waals surface area contributed by atoms with Gasteiger partial charge in [0.1, 0.15) is 24.6 Å². The number of carbonyl (C=O) groups is 3. The van der Waals surface area contributed by atoms with Crippen LogP contribution in [0, 0.1) is 0 Å². The van der Waals surface area contributed by atoms with Crippen LogP contribution in [0.15, 0.2) is 18.2 Å². The van der Waals surface area contributed by atoms with Gasteiger partial charge in [-0.05, 0) is 18.2 Å².